The number of benzene rings is 1. The van der Waals surface area contributed by atoms with E-state index in [4.69, 9.17) is 16.7 Å². The molecular weight excluding hydrogens is 297 g/mol. The normalized spacial score (nSPS) is 13.5. The van der Waals surface area contributed by atoms with Gasteiger partial charge in [0.15, 0.2) is 5.82 Å². The third-order valence-electron chi connectivity index (χ3n) is 2.42. The van der Waals surface area contributed by atoms with Gasteiger partial charge in [-0.25, -0.2) is 12.8 Å². The second kappa shape index (κ2) is 5.85. The fraction of sp³-hybridized carbons (Fsp3) is 0.364. The second-order valence-electron chi connectivity index (χ2n) is 4.23. The van der Waals surface area contributed by atoms with E-state index in [2.05, 4.69) is 0 Å². The van der Waals surface area contributed by atoms with Crippen molar-refractivity contribution in [1.82, 2.24) is 4.72 Å². The summed E-state index contributed by atoms with van der Waals surface area (Å²) < 4.78 is 39.5. The molecule has 106 valence electrons. The zero-order valence-electron chi connectivity index (χ0n) is 10.2. The Kier molecular flexibility index (Phi) is 4.89. The first-order chi connectivity index (χ1) is 8.66. The molecule has 0 aliphatic heterocycles. The van der Waals surface area contributed by atoms with Crippen molar-refractivity contribution < 1.29 is 22.7 Å². The maximum absolute atomic E-state index is 13.7. The predicted octanol–water partition coefficient (Wildman–Crippen LogP) is 1.87. The van der Waals surface area contributed by atoms with E-state index >= 15 is 0 Å². The van der Waals surface area contributed by atoms with Crippen molar-refractivity contribution in [3.63, 3.8) is 0 Å². The minimum atomic E-state index is -4.29. The quantitative estimate of drug-likeness (QED) is 0.869. The largest absolute Gasteiger partial charge is 0.480 e. The van der Waals surface area contributed by atoms with E-state index < -0.39 is 38.7 Å². The number of aliphatic carboxylic acids is 1. The number of carbonyl (C=O) groups is 1. The van der Waals surface area contributed by atoms with Crippen LogP contribution in [0.25, 0.3) is 0 Å². The van der Waals surface area contributed by atoms with E-state index in [-0.39, 0.29) is 5.02 Å². The minimum Gasteiger partial charge on any atom is -0.480 e. The number of hydrogen-bond acceptors (Lipinski definition) is 3. The molecule has 1 atom stereocenters. The highest BCUT2D eigenvalue weighted by Gasteiger charge is 2.30. The molecule has 0 radical (unpaired) electrons. The fourth-order valence-corrected chi connectivity index (χ4v) is 3.06. The molecule has 1 aromatic rings. The summed E-state index contributed by atoms with van der Waals surface area (Å²) in [6.07, 6.45) is 0. The lowest BCUT2D eigenvalue weighted by Crippen LogP contribution is -2.44. The van der Waals surface area contributed by atoms with Crippen LogP contribution in [0.5, 0.6) is 0 Å². The maximum atomic E-state index is 13.7. The van der Waals surface area contributed by atoms with Gasteiger partial charge < -0.3 is 5.11 Å². The third-order valence-corrected chi connectivity index (χ3v) is 4.17. The molecule has 0 aliphatic rings. The van der Waals surface area contributed by atoms with Gasteiger partial charge in [-0.15, -0.1) is 0 Å². The van der Waals surface area contributed by atoms with Gasteiger partial charge in [-0.05, 0) is 18.1 Å². The fourth-order valence-electron chi connectivity index (χ4n) is 1.39. The Morgan fingerprint density at radius 1 is 1.42 bits per heavy atom. The summed E-state index contributed by atoms with van der Waals surface area (Å²) in [7, 11) is -4.29. The monoisotopic (exact) mass is 309 g/mol. The highest BCUT2D eigenvalue weighted by molar-refractivity contribution is 7.89. The van der Waals surface area contributed by atoms with Crippen LogP contribution in [-0.2, 0) is 14.8 Å². The number of carboxylic acids is 1. The molecule has 0 saturated heterocycles. The lowest BCUT2D eigenvalue weighted by atomic mass is 10.1. The van der Waals surface area contributed by atoms with Crippen molar-refractivity contribution in [3.05, 3.63) is 29.0 Å². The number of hydrogen-bond donors (Lipinski definition) is 2. The van der Waals surface area contributed by atoms with Gasteiger partial charge in [-0.2, -0.15) is 4.72 Å². The van der Waals surface area contributed by atoms with Crippen LogP contribution in [0, 0.1) is 11.7 Å². The molecule has 0 unspecified atom stereocenters. The zero-order valence-corrected chi connectivity index (χ0v) is 11.8. The summed E-state index contributed by atoms with van der Waals surface area (Å²) in [5.74, 6) is -2.93. The molecule has 1 rings (SSSR count). The third kappa shape index (κ3) is 3.65. The van der Waals surface area contributed by atoms with Crippen molar-refractivity contribution in [3.8, 4) is 0 Å². The molecule has 0 aliphatic carbocycles. The molecule has 19 heavy (non-hydrogen) atoms. The molecule has 0 spiro atoms. The summed E-state index contributed by atoms with van der Waals surface area (Å²) >= 11 is 5.50. The van der Waals surface area contributed by atoms with Crippen LogP contribution in [0.1, 0.15) is 13.8 Å². The van der Waals surface area contributed by atoms with Crippen LogP contribution >= 0.6 is 11.6 Å². The highest BCUT2D eigenvalue weighted by Crippen LogP contribution is 2.22. The van der Waals surface area contributed by atoms with Crippen molar-refractivity contribution in [2.45, 2.75) is 24.8 Å². The summed E-state index contributed by atoms with van der Waals surface area (Å²) in [5.41, 5.74) is 0. The number of halogens is 2. The van der Waals surface area contributed by atoms with Crippen LogP contribution in [0.3, 0.4) is 0 Å². The molecule has 0 amide bonds. The van der Waals surface area contributed by atoms with Gasteiger partial charge in [0.25, 0.3) is 0 Å². The Hall–Kier alpha value is -1.18. The van der Waals surface area contributed by atoms with Crippen LogP contribution in [0.4, 0.5) is 4.39 Å². The van der Waals surface area contributed by atoms with E-state index in [1.807, 2.05) is 4.72 Å². The molecular formula is C11H13ClFNO4S. The number of sulfonamides is 1. The van der Waals surface area contributed by atoms with Gasteiger partial charge >= 0.3 is 5.97 Å². The zero-order chi connectivity index (χ0) is 14.8. The van der Waals surface area contributed by atoms with Crippen molar-refractivity contribution >= 4 is 27.6 Å². The molecule has 5 nitrogen and oxygen atoms in total. The Bertz CT molecular complexity index is 588. The van der Waals surface area contributed by atoms with Gasteiger partial charge in [0.1, 0.15) is 10.9 Å². The van der Waals surface area contributed by atoms with Crippen LogP contribution in [-0.4, -0.2) is 25.5 Å². The first-order valence-electron chi connectivity index (χ1n) is 5.36. The highest BCUT2D eigenvalue weighted by atomic mass is 35.5. The second-order valence-corrected chi connectivity index (χ2v) is 6.32. The molecule has 2 N–H and O–H groups in total. The lowest BCUT2D eigenvalue weighted by Gasteiger charge is -2.18. The Morgan fingerprint density at radius 3 is 2.47 bits per heavy atom. The SMILES string of the molecule is CC(C)[C@@H](NS(=O)(=O)c1cccc(Cl)c1F)C(=O)O. The van der Waals surface area contributed by atoms with Crippen molar-refractivity contribution in [2.75, 3.05) is 0 Å². The van der Waals surface area contributed by atoms with Crippen LogP contribution < -0.4 is 4.72 Å². The van der Waals surface area contributed by atoms with Gasteiger partial charge in [-0.1, -0.05) is 31.5 Å². The summed E-state index contributed by atoms with van der Waals surface area (Å²) in [6, 6.07) is 2.14. The number of rotatable bonds is 5. The van der Waals surface area contributed by atoms with Crippen LogP contribution in [0.15, 0.2) is 23.1 Å². The van der Waals surface area contributed by atoms with Gasteiger partial charge in [0.2, 0.25) is 10.0 Å². The van der Waals surface area contributed by atoms with Gasteiger partial charge in [-0.3, -0.25) is 4.79 Å². The van der Waals surface area contributed by atoms with Gasteiger partial charge in [0.05, 0.1) is 5.02 Å². The lowest BCUT2D eigenvalue weighted by molar-refractivity contribution is -0.140. The first-order valence-corrected chi connectivity index (χ1v) is 7.22. The molecule has 0 bridgehead atoms. The van der Waals surface area contributed by atoms with E-state index in [1.54, 1.807) is 0 Å². The molecule has 8 heteroatoms. The van der Waals surface area contributed by atoms with E-state index in [0.717, 1.165) is 6.07 Å². The van der Waals surface area contributed by atoms with Gasteiger partial charge in [0, 0.05) is 0 Å². The van der Waals surface area contributed by atoms with Crippen molar-refractivity contribution in [2.24, 2.45) is 5.92 Å². The maximum Gasteiger partial charge on any atom is 0.322 e. The molecule has 0 saturated carbocycles. The topological polar surface area (TPSA) is 83.5 Å². The number of nitrogens with one attached hydrogen (secondary N) is 1. The Balaban J connectivity index is 3.18. The smallest absolute Gasteiger partial charge is 0.322 e. The van der Waals surface area contributed by atoms with E-state index in [0.29, 0.717) is 0 Å². The molecule has 0 aromatic heterocycles. The average Bonchev–Trinajstić information content (AvgIpc) is 2.28. The van der Waals surface area contributed by atoms with E-state index in [1.165, 1.54) is 26.0 Å². The van der Waals surface area contributed by atoms with Crippen molar-refractivity contribution in [1.29, 1.82) is 0 Å². The molecule has 1 aromatic carbocycles. The number of carboxylic acid groups (broad SMARTS) is 1. The Morgan fingerprint density at radius 2 is 2.00 bits per heavy atom. The summed E-state index contributed by atoms with van der Waals surface area (Å²) in [4.78, 5) is 10.3. The summed E-state index contributed by atoms with van der Waals surface area (Å²) in [6.45, 7) is 3.07. The average molecular weight is 310 g/mol. The Labute approximate surface area is 115 Å². The molecule has 0 fully saturated rings. The van der Waals surface area contributed by atoms with Crippen LogP contribution in [0.2, 0.25) is 5.02 Å². The predicted molar refractivity (Wildman–Crippen MR) is 68.0 cm³/mol. The standard InChI is InChI=1S/C11H13ClFNO4S/c1-6(2)10(11(15)16)14-19(17,18)8-5-3-4-7(12)9(8)13/h3-6,10,14H,1-2H3,(H,15,16)/t10-/m1/s1. The van der Waals surface area contributed by atoms with E-state index in [9.17, 15) is 17.6 Å². The molecule has 0 heterocycles. The first kappa shape index (κ1) is 15.9. The summed E-state index contributed by atoms with van der Waals surface area (Å²) in [5, 5.41) is 8.58. The minimum absolute atomic E-state index is 0.348.